The largest absolute Gasteiger partial charge is 0.492 e. The number of nitrogens with one attached hydrogen (secondary N) is 2. The number of halogens is 2. The van der Waals surface area contributed by atoms with E-state index in [9.17, 15) is 4.39 Å². The van der Waals surface area contributed by atoms with Gasteiger partial charge in [-0.3, -0.25) is 0 Å². The third-order valence-electron chi connectivity index (χ3n) is 5.16. The number of benzene rings is 2. The maximum Gasteiger partial charge on any atom is 0.161 e. The topological polar surface area (TPSA) is 59.1 Å². The third-order valence-corrected chi connectivity index (χ3v) is 5.39. The number of ether oxygens (including phenoxy) is 1. The number of hydrogen-bond acceptors (Lipinski definition) is 5. The van der Waals surface area contributed by atoms with Gasteiger partial charge in [0.2, 0.25) is 0 Å². The van der Waals surface area contributed by atoms with E-state index >= 15 is 0 Å². The molecule has 3 aromatic rings. The standard InChI is InChI=1S/C23H24ClFN4O/c1-15-12-27-23(29-22(15)28-13-17-4-7-18(24)11-21(17)25)16-5-8-20(9-6-16)30-14-19-3-2-10-26-19/h4-9,11-12,19,26H,2-3,10,13-14H2,1H3,(H,27,28,29)/t19-/m0/s1. The van der Waals surface area contributed by atoms with E-state index in [1.54, 1.807) is 18.3 Å². The van der Waals surface area contributed by atoms with Gasteiger partial charge >= 0.3 is 0 Å². The van der Waals surface area contributed by atoms with Gasteiger partial charge in [-0.05, 0) is 62.7 Å². The molecule has 30 heavy (non-hydrogen) atoms. The van der Waals surface area contributed by atoms with Crippen molar-refractivity contribution in [2.24, 2.45) is 0 Å². The molecule has 0 radical (unpaired) electrons. The minimum Gasteiger partial charge on any atom is -0.492 e. The molecule has 0 spiro atoms. The SMILES string of the molecule is Cc1cnc(-c2ccc(OC[C@@H]3CCCN3)cc2)nc1NCc1ccc(Cl)cc1F. The Kier molecular flexibility index (Phi) is 6.45. The molecule has 1 aromatic heterocycles. The highest BCUT2D eigenvalue weighted by Crippen LogP contribution is 2.23. The molecule has 1 aliphatic heterocycles. The highest BCUT2D eigenvalue weighted by Gasteiger charge is 2.14. The van der Waals surface area contributed by atoms with Gasteiger partial charge in [0.15, 0.2) is 5.82 Å². The summed E-state index contributed by atoms with van der Waals surface area (Å²) in [5, 5.41) is 7.00. The number of rotatable bonds is 7. The van der Waals surface area contributed by atoms with Crippen LogP contribution in [-0.4, -0.2) is 29.2 Å². The first-order valence-corrected chi connectivity index (χ1v) is 10.4. The van der Waals surface area contributed by atoms with Gasteiger partial charge in [-0.25, -0.2) is 14.4 Å². The van der Waals surface area contributed by atoms with Crippen LogP contribution in [0.25, 0.3) is 11.4 Å². The van der Waals surface area contributed by atoms with Gasteiger partial charge in [0.05, 0.1) is 0 Å². The number of aromatic nitrogens is 2. The highest BCUT2D eigenvalue weighted by molar-refractivity contribution is 6.30. The minimum atomic E-state index is -0.342. The van der Waals surface area contributed by atoms with Crippen molar-refractivity contribution in [1.82, 2.24) is 15.3 Å². The quantitative estimate of drug-likeness (QED) is 0.557. The molecular weight excluding hydrogens is 403 g/mol. The Morgan fingerprint density at radius 3 is 2.80 bits per heavy atom. The lowest BCUT2D eigenvalue weighted by Crippen LogP contribution is -2.28. The summed E-state index contributed by atoms with van der Waals surface area (Å²) in [6.45, 7) is 3.97. The number of anilines is 1. The fourth-order valence-electron chi connectivity index (χ4n) is 3.40. The maximum atomic E-state index is 14.0. The second-order valence-corrected chi connectivity index (χ2v) is 7.88. The molecule has 1 aliphatic rings. The minimum absolute atomic E-state index is 0.308. The van der Waals surface area contributed by atoms with Crippen LogP contribution in [-0.2, 0) is 6.54 Å². The summed E-state index contributed by atoms with van der Waals surface area (Å²) in [7, 11) is 0. The van der Waals surface area contributed by atoms with Crippen LogP contribution in [0.15, 0.2) is 48.7 Å². The van der Waals surface area contributed by atoms with Crippen molar-refractivity contribution in [1.29, 1.82) is 0 Å². The Morgan fingerprint density at radius 1 is 1.23 bits per heavy atom. The van der Waals surface area contributed by atoms with Crippen LogP contribution in [0.4, 0.5) is 10.2 Å². The van der Waals surface area contributed by atoms with E-state index in [4.69, 9.17) is 16.3 Å². The molecule has 156 valence electrons. The highest BCUT2D eigenvalue weighted by atomic mass is 35.5. The zero-order chi connectivity index (χ0) is 20.9. The molecule has 1 atom stereocenters. The molecule has 2 heterocycles. The van der Waals surface area contributed by atoms with Gasteiger partial charge in [0.25, 0.3) is 0 Å². The Balaban J connectivity index is 1.42. The summed E-state index contributed by atoms with van der Waals surface area (Å²) < 4.78 is 19.9. The Bertz CT molecular complexity index is 1010. The van der Waals surface area contributed by atoms with Crippen molar-refractivity contribution in [3.05, 3.63) is 70.6 Å². The van der Waals surface area contributed by atoms with Gasteiger partial charge in [-0.1, -0.05) is 17.7 Å². The number of aryl methyl sites for hydroxylation is 1. The van der Waals surface area contributed by atoms with Crippen molar-refractivity contribution in [3.8, 4) is 17.1 Å². The van der Waals surface area contributed by atoms with Gasteiger partial charge in [0, 0.05) is 40.5 Å². The summed E-state index contributed by atoms with van der Waals surface area (Å²) in [4.78, 5) is 9.06. The van der Waals surface area contributed by atoms with Crippen molar-refractivity contribution in [2.45, 2.75) is 32.4 Å². The van der Waals surface area contributed by atoms with E-state index in [0.29, 0.717) is 41.4 Å². The van der Waals surface area contributed by atoms with E-state index in [1.165, 1.54) is 12.5 Å². The van der Waals surface area contributed by atoms with Crippen LogP contribution >= 0.6 is 11.6 Å². The molecule has 0 aliphatic carbocycles. The number of nitrogens with zero attached hydrogens (tertiary/aromatic N) is 2. The van der Waals surface area contributed by atoms with Crippen molar-refractivity contribution >= 4 is 17.4 Å². The third kappa shape index (κ3) is 5.07. The summed E-state index contributed by atoms with van der Waals surface area (Å²) in [5.74, 6) is 1.76. The zero-order valence-corrected chi connectivity index (χ0v) is 17.5. The first-order chi connectivity index (χ1) is 14.6. The van der Waals surface area contributed by atoms with Crippen LogP contribution in [0.2, 0.25) is 5.02 Å². The molecule has 2 aromatic carbocycles. The van der Waals surface area contributed by atoms with E-state index in [0.717, 1.165) is 29.8 Å². The predicted molar refractivity (Wildman–Crippen MR) is 117 cm³/mol. The maximum absolute atomic E-state index is 14.0. The van der Waals surface area contributed by atoms with Crippen LogP contribution < -0.4 is 15.4 Å². The molecule has 1 saturated heterocycles. The van der Waals surface area contributed by atoms with E-state index in [-0.39, 0.29) is 5.82 Å². The van der Waals surface area contributed by atoms with Crippen LogP contribution in [0.1, 0.15) is 24.0 Å². The molecule has 0 saturated carbocycles. The summed E-state index contributed by atoms with van der Waals surface area (Å²) in [5.41, 5.74) is 2.30. The van der Waals surface area contributed by atoms with Gasteiger partial charge < -0.3 is 15.4 Å². The van der Waals surface area contributed by atoms with Crippen LogP contribution in [0.5, 0.6) is 5.75 Å². The Labute approximate surface area is 180 Å². The van der Waals surface area contributed by atoms with Gasteiger partial charge in [0.1, 0.15) is 24.0 Å². The second-order valence-electron chi connectivity index (χ2n) is 7.44. The Hall–Kier alpha value is -2.70. The van der Waals surface area contributed by atoms with E-state index in [2.05, 4.69) is 20.6 Å². The molecule has 5 nitrogen and oxygen atoms in total. The normalized spacial score (nSPS) is 15.9. The molecule has 1 fully saturated rings. The molecule has 0 bridgehead atoms. The first kappa shape index (κ1) is 20.6. The van der Waals surface area contributed by atoms with Crippen LogP contribution in [0.3, 0.4) is 0 Å². The Morgan fingerprint density at radius 2 is 2.07 bits per heavy atom. The van der Waals surface area contributed by atoms with E-state index in [1.807, 2.05) is 31.2 Å². The number of hydrogen-bond donors (Lipinski definition) is 2. The molecule has 4 rings (SSSR count). The fourth-order valence-corrected chi connectivity index (χ4v) is 3.56. The predicted octanol–water partition coefficient (Wildman–Crippen LogP) is 4.99. The lowest BCUT2D eigenvalue weighted by Gasteiger charge is -2.13. The summed E-state index contributed by atoms with van der Waals surface area (Å²) in [6.07, 6.45) is 4.13. The average Bonchev–Trinajstić information content (AvgIpc) is 3.27. The molecule has 7 heteroatoms. The second kappa shape index (κ2) is 9.41. The zero-order valence-electron chi connectivity index (χ0n) is 16.8. The van der Waals surface area contributed by atoms with Crippen molar-refractivity contribution in [3.63, 3.8) is 0 Å². The van der Waals surface area contributed by atoms with Gasteiger partial charge in [-0.15, -0.1) is 0 Å². The monoisotopic (exact) mass is 426 g/mol. The van der Waals surface area contributed by atoms with Gasteiger partial charge in [-0.2, -0.15) is 0 Å². The first-order valence-electron chi connectivity index (χ1n) is 10.1. The fraction of sp³-hybridized carbons (Fsp3) is 0.304. The van der Waals surface area contributed by atoms with Crippen LogP contribution in [0, 0.1) is 12.7 Å². The molecule has 0 amide bonds. The molecule has 2 N–H and O–H groups in total. The average molecular weight is 427 g/mol. The lowest BCUT2D eigenvalue weighted by molar-refractivity contribution is 0.277. The molecular formula is C23H24ClFN4O. The smallest absolute Gasteiger partial charge is 0.161 e. The summed E-state index contributed by atoms with van der Waals surface area (Å²) >= 11 is 5.82. The molecule has 0 unspecified atom stereocenters. The van der Waals surface area contributed by atoms with Crippen molar-refractivity contribution < 1.29 is 9.13 Å². The van der Waals surface area contributed by atoms with Crippen molar-refractivity contribution in [2.75, 3.05) is 18.5 Å². The van der Waals surface area contributed by atoms with E-state index < -0.39 is 0 Å². The summed E-state index contributed by atoms with van der Waals surface area (Å²) in [6, 6.07) is 12.9. The lowest BCUT2D eigenvalue weighted by atomic mass is 10.2.